The van der Waals surface area contributed by atoms with Crippen molar-refractivity contribution in [3.63, 3.8) is 0 Å². The largest absolute Gasteiger partial charge is 0.457 e. The molecule has 0 amide bonds. The van der Waals surface area contributed by atoms with E-state index in [4.69, 9.17) is 37.4 Å². The van der Waals surface area contributed by atoms with Gasteiger partial charge in [-0.3, -0.25) is 0 Å². The SMILES string of the molecule is CC1COC(c2cnc[nH]2)(c2ccc(Oc3ccc(Cl)cc3)cc2Cl)O1. The van der Waals surface area contributed by atoms with Gasteiger partial charge in [-0.25, -0.2) is 4.98 Å². The Morgan fingerprint density at radius 1 is 1.15 bits per heavy atom. The van der Waals surface area contributed by atoms with Crippen LogP contribution in [0.3, 0.4) is 0 Å². The summed E-state index contributed by atoms with van der Waals surface area (Å²) in [7, 11) is 0. The van der Waals surface area contributed by atoms with Crippen molar-refractivity contribution in [2.45, 2.75) is 18.8 Å². The molecule has 2 aromatic carbocycles. The van der Waals surface area contributed by atoms with E-state index in [0.717, 1.165) is 0 Å². The third-order valence-electron chi connectivity index (χ3n) is 4.09. The minimum Gasteiger partial charge on any atom is -0.457 e. The average molecular weight is 391 g/mol. The molecule has 0 radical (unpaired) electrons. The van der Waals surface area contributed by atoms with Gasteiger partial charge >= 0.3 is 0 Å². The lowest BCUT2D eigenvalue weighted by atomic mass is 10.0. The Morgan fingerprint density at radius 2 is 1.92 bits per heavy atom. The molecule has 134 valence electrons. The molecular formula is C19H16Cl2N2O3. The first-order valence-electron chi connectivity index (χ1n) is 8.11. The summed E-state index contributed by atoms with van der Waals surface area (Å²) in [5.41, 5.74) is 1.38. The van der Waals surface area contributed by atoms with E-state index >= 15 is 0 Å². The fourth-order valence-electron chi connectivity index (χ4n) is 2.91. The summed E-state index contributed by atoms with van der Waals surface area (Å²) >= 11 is 12.5. The van der Waals surface area contributed by atoms with Crippen molar-refractivity contribution in [1.82, 2.24) is 9.97 Å². The van der Waals surface area contributed by atoms with Crippen LogP contribution in [0.5, 0.6) is 11.5 Å². The first-order chi connectivity index (χ1) is 12.6. The number of ether oxygens (including phenoxy) is 3. The van der Waals surface area contributed by atoms with Gasteiger partial charge in [-0.2, -0.15) is 0 Å². The van der Waals surface area contributed by atoms with Crippen LogP contribution in [0, 0.1) is 0 Å². The minimum absolute atomic E-state index is 0.0700. The molecule has 1 aliphatic heterocycles. The molecule has 0 bridgehead atoms. The zero-order valence-corrected chi connectivity index (χ0v) is 15.4. The second-order valence-corrected chi connectivity index (χ2v) is 6.86. The lowest BCUT2D eigenvalue weighted by molar-refractivity contribution is -0.143. The van der Waals surface area contributed by atoms with Crippen molar-refractivity contribution >= 4 is 23.2 Å². The highest BCUT2D eigenvalue weighted by Crippen LogP contribution is 2.43. The molecule has 1 aromatic heterocycles. The number of halogens is 2. The molecular weight excluding hydrogens is 375 g/mol. The second kappa shape index (κ2) is 6.93. The molecule has 4 rings (SSSR count). The van der Waals surface area contributed by atoms with E-state index in [2.05, 4.69) is 9.97 Å². The monoisotopic (exact) mass is 390 g/mol. The minimum atomic E-state index is -1.11. The van der Waals surface area contributed by atoms with Crippen molar-refractivity contribution in [1.29, 1.82) is 0 Å². The number of benzene rings is 2. The van der Waals surface area contributed by atoms with Crippen LogP contribution in [0.15, 0.2) is 55.0 Å². The molecule has 1 aliphatic rings. The van der Waals surface area contributed by atoms with Crippen LogP contribution >= 0.6 is 23.2 Å². The van der Waals surface area contributed by atoms with Crippen molar-refractivity contribution in [3.05, 3.63) is 76.3 Å². The van der Waals surface area contributed by atoms with E-state index in [-0.39, 0.29) is 6.10 Å². The third kappa shape index (κ3) is 3.19. The molecule has 2 heterocycles. The van der Waals surface area contributed by atoms with E-state index in [1.165, 1.54) is 0 Å². The van der Waals surface area contributed by atoms with Gasteiger partial charge in [0.05, 0.1) is 36.0 Å². The van der Waals surface area contributed by atoms with Crippen LogP contribution < -0.4 is 4.74 Å². The quantitative estimate of drug-likeness (QED) is 0.669. The number of hydrogen-bond acceptors (Lipinski definition) is 4. The Hall–Kier alpha value is -2.05. The average Bonchev–Trinajstić information content (AvgIpc) is 3.28. The Morgan fingerprint density at radius 3 is 2.54 bits per heavy atom. The first kappa shape index (κ1) is 17.4. The summed E-state index contributed by atoms with van der Waals surface area (Å²) in [6.45, 7) is 2.41. The topological polar surface area (TPSA) is 56.4 Å². The van der Waals surface area contributed by atoms with Gasteiger partial charge < -0.3 is 19.2 Å². The molecule has 2 atom stereocenters. The highest BCUT2D eigenvalue weighted by atomic mass is 35.5. The smallest absolute Gasteiger partial charge is 0.241 e. The molecule has 1 fully saturated rings. The number of nitrogens with zero attached hydrogens (tertiary/aromatic N) is 1. The van der Waals surface area contributed by atoms with Crippen LogP contribution in [-0.2, 0) is 15.3 Å². The van der Waals surface area contributed by atoms with Crippen LogP contribution in [0.4, 0.5) is 0 Å². The predicted octanol–water partition coefficient (Wildman–Crippen LogP) is 5.15. The maximum absolute atomic E-state index is 6.56. The van der Waals surface area contributed by atoms with Crippen molar-refractivity contribution < 1.29 is 14.2 Å². The summed E-state index contributed by atoms with van der Waals surface area (Å²) in [6.07, 6.45) is 3.19. The number of H-pyrrole nitrogens is 1. The zero-order chi connectivity index (χ0) is 18.1. The number of aromatic amines is 1. The van der Waals surface area contributed by atoms with E-state index < -0.39 is 5.79 Å². The van der Waals surface area contributed by atoms with Crippen LogP contribution in [0.25, 0.3) is 0 Å². The molecule has 0 aliphatic carbocycles. The highest BCUT2D eigenvalue weighted by molar-refractivity contribution is 6.31. The van der Waals surface area contributed by atoms with E-state index in [1.807, 2.05) is 19.1 Å². The fraction of sp³-hybridized carbons (Fsp3) is 0.211. The lowest BCUT2D eigenvalue weighted by Crippen LogP contribution is -2.30. The molecule has 2 unspecified atom stereocenters. The summed E-state index contributed by atoms with van der Waals surface area (Å²) in [5, 5.41) is 1.12. The van der Waals surface area contributed by atoms with Crippen molar-refractivity contribution in [2.75, 3.05) is 6.61 Å². The molecule has 1 N–H and O–H groups in total. The number of imidazole rings is 1. The van der Waals surface area contributed by atoms with E-state index in [9.17, 15) is 0 Å². The Balaban J connectivity index is 1.67. The summed E-state index contributed by atoms with van der Waals surface area (Å²) in [6, 6.07) is 12.5. The Kier molecular flexibility index (Phi) is 4.63. The van der Waals surface area contributed by atoms with Gasteiger partial charge in [0.25, 0.3) is 0 Å². The lowest BCUT2D eigenvalue weighted by Gasteiger charge is -2.28. The normalized spacial score (nSPS) is 22.5. The fourth-order valence-corrected chi connectivity index (χ4v) is 3.34. The molecule has 3 aromatic rings. The molecule has 5 nitrogen and oxygen atoms in total. The Bertz CT molecular complexity index is 900. The first-order valence-corrected chi connectivity index (χ1v) is 8.86. The van der Waals surface area contributed by atoms with Gasteiger partial charge in [0.15, 0.2) is 0 Å². The number of aromatic nitrogens is 2. The summed E-state index contributed by atoms with van der Waals surface area (Å²) in [5.74, 6) is 0.168. The molecule has 0 spiro atoms. The van der Waals surface area contributed by atoms with Crippen molar-refractivity contribution in [3.8, 4) is 11.5 Å². The number of rotatable bonds is 4. The van der Waals surface area contributed by atoms with Gasteiger partial charge in [0.1, 0.15) is 11.5 Å². The maximum Gasteiger partial charge on any atom is 0.241 e. The van der Waals surface area contributed by atoms with Gasteiger partial charge in [-0.05, 0) is 49.4 Å². The van der Waals surface area contributed by atoms with Gasteiger partial charge in [-0.1, -0.05) is 23.2 Å². The predicted molar refractivity (Wildman–Crippen MR) is 98.8 cm³/mol. The number of hydrogen-bond donors (Lipinski definition) is 1. The summed E-state index contributed by atoms with van der Waals surface area (Å²) in [4.78, 5) is 7.14. The van der Waals surface area contributed by atoms with Gasteiger partial charge in [0, 0.05) is 10.6 Å². The summed E-state index contributed by atoms with van der Waals surface area (Å²) < 4.78 is 17.9. The standard InChI is InChI=1S/C19H16Cl2N2O3/c1-12-10-24-19(26-12,18-9-22-11-23-18)16-7-6-15(8-17(16)21)25-14-4-2-13(20)3-5-14/h2-9,11-12H,10H2,1H3,(H,22,23). The van der Waals surface area contributed by atoms with Crippen LogP contribution in [-0.4, -0.2) is 22.7 Å². The van der Waals surface area contributed by atoms with E-state index in [1.54, 1.807) is 42.9 Å². The second-order valence-electron chi connectivity index (χ2n) is 6.02. The van der Waals surface area contributed by atoms with E-state index in [0.29, 0.717) is 39.4 Å². The molecule has 7 heteroatoms. The Labute approximate surface area is 160 Å². The number of nitrogens with one attached hydrogen (secondary N) is 1. The van der Waals surface area contributed by atoms with Crippen LogP contribution in [0.2, 0.25) is 10.0 Å². The maximum atomic E-state index is 6.56. The third-order valence-corrected chi connectivity index (χ3v) is 4.65. The zero-order valence-electron chi connectivity index (χ0n) is 13.9. The van der Waals surface area contributed by atoms with Gasteiger partial charge in [0.2, 0.25) is 5.79 Å². The molecule has 26 heavy (non-hydrogen) atoms. The van der Waals surface area contributed by atoms with Crippen LogP contribution in [0.1, 0.15) is 18.2 Å². The van der Waals surface area contributed by atoms with Gasteiger partial charge in [-0.15, -0.1) is 0 Å². The molecule has 0 saturated carbocycles. The van der Waals surface area contributed by atoms with Crippen molar-refractivity contribution in [2.24, 2.45) is 0 Å². The molecule has 1 saturated heterocycles. The highest BCUT2D eigenvalue weighted by Gasteiger charge is 2.46.